The number of alkyl halides is 1. The summed E-state index contributed by atoms with van der Waals surface area (Å²) in [5.74, 6) is -1.61. The van der Waals surface area contributed by atoms with Crippen molar-refractivity contribution in [2.24, 2.45) is 0 Å². The second kappa shape index (κ2) is 7.36. The Balaban J connectivity index is 2.73. The Bertz CT molecular complexity index is 762. The van der Waals surface area contributed by atoms with Gasteiger partial charge in [-0.05, 0) is 24.6 Å². The van der Waals surface area contributed by atoms with Crippen molar-refractivity contribution in [3.05, 3.63) is 59.7 Å². The second-order valence-electron chi connectivity index (χ2n) is 5.27. The van der Waals surface area contributed by atoms with Gasteiger partial charge in [-0.15, -0.1) is 11.6 Å². The van der Waals surface area contributed by atoms with Crippen LogP contribution >= 0.6 is 11.6 Å². The molecule has 6 heteroatoms. The molecule has 0 bridgehead atoms. The minimum Gasteiger partial charge on any atom is -0.496 e. The largest absolute Gasteiger partial charge is 0.496 e. The number of rotatable bonds is 7. The molecule has 0 saturated carbocycles. The highest BCUT2D eigenvalue weighted by atomic mass is 35.5. The summed E-state index contributed by atoms with van der Waals surface area (Å²) in [5, 5.41) is 9.95. The summed E-state index contributed by atoms with van der Waals surface area (Å²) in [6.45, 7) is 0. The molecule has 0 aliphatic heterocycles. The molecule has 0 heterocycles. The van der Waals surface area contributed by atoms with Crippen molar-refractivity contribution < 1.29 is 19.4 Å². The van der Waals surface area contributed by atoms with Gasteiger partial charge < -0.3 is 15.6 Å². The quantitative estimate of drug-likeness (QED) is 0.347. The van der Waals surface area contributed by atoms with Crippen molar-refractivity contribution >= 4 is 29.0 Å². The fraction of sp³-hybridized carbons (Fsp3) is 0.222. The smallest absolute Gasteiger partial charge is 0.322 e. The molecule has 126 valence electrons. The average molecular weight is 348 g/mol. The van der Waals surface area contributed by atoms with E-state index in [0.29, 0.717) is 5.75 Å². The van der Waals surface area contributed by atoms with E-state index in [-0.39, 0.29) is 29.1 Å². The number of nitrogen functional groups attached to an aromatic ring is 1. The zero-order chi connectivity index (χ0) is 17.7. The highest BCUT2D eigenvalue weighted by molar-refractivity contribution is 6.21. The fourth-order valence-corrected chi connectivity index (χ4v) is 3.06. The van der Waals surface area contributed by atoms with E-state index in [1.807, 2.05) is 0 Å². The Morgan fingerprint density at radius 1 is 1.17 bits per heavy atom. The number of halogens is 1. The van der Waals surface area contributed by atoms with Crippen molar-refractivity contribution in [1.29, 1.82) is 0 Å². The summed E-state index contributed by atoms with van der Waals surface area (Å²) < 4.78 is 5.21. The lowest BCUT2D eigenvalue weighted by Crippen LogP contribution is -2.45. The first-order valence-electron chi connectivity index (χ1n) is 7.31. The van der Waals surface area contributed by atoms with Gasteiger partial charge in [0.2, 0.25) is 0 Å². The lowest BCUT2D eigenvalue weighted by atomic mass is 9.71. The predicted octanol–water partition coefficient (Wildman–Crippen LogP) is 3.11. The molecule has 1 atom stereocenters. The van der Waals surface area contributed by atoms with E-state index in [1.165, 1.54) is 13.2 Å². The van der Waals surface area contributed by atoms with Gasteiger partial charge in [0.15, 0.2) is 11.2 Å². The Morgan fingerprint density at radius 2 is 1.79 bits per heavy atom. The Hall–Kier alpha value is -2.53. The molecular weight excluding hydrogens is 330 g/mol. The molecule has 2 aromatic carbocycles. The molecule has 0 fully saturated rings. The number of hydrogen-bond donors (Lipinski definition) is 2. The number of anilines is 1. The summed E-state index contributed by atoms with van der Waals surface area (Å²) >= 11 is 5.85. The van der Waals surface area contributed by atoms with Gasteiger partial charge in [0.25, 0.3) is 0 Å². The van der Waals surface area contributed by atoms with Crippen molar-refractivity contribution in [3.63, 3.8) is 0 Å². The standard InChI is InChI=1S/C18H18ClNO4/c1-24-15-9-5-2-6-12(15)16(21)18(10-11-19,17(22)23)13-7-3-4-8-14(13)20/h2-9H,10-11,20H2,1H3,(H,22,23). The fourth-order valence-electron chi connectivity index (χ4n) is 2.78. The van der Waals surface area contributed by atoms with E-state index >= 15 is 0 Å². The maximum Gasteiger partial charge on any atom is 0.322 e. The SMILES string of the molecule is COc1ccccc1C(=O)C(CCCl)(C(=O)O)c1ccccc1N. The van der Waals surface area contributed by atoms with Gasteiger partial charge in [0, 0.05) is 17.1 Å². The predicted molar refractivity (Wildman–Crippen MR) is 92.8 cm³/mol. The Labute approximate surface area is 145 Å². The van der Waals surface area contributed by atoms with Crippen LogP contribution in [-0.2, 0) is 10.2 Å². The van der Waals surface area contributed by atoms with Gasteiger partial charge in [0.05, 0.1) is 12.7 Å². The first-order chi connectivity index (χ1) is 11.5. The van der Waals surface area contributed by atoms with Crippen LogP contribution in [0, 0.1) is 0 Å². The molecule has 0 aromatic heterocycles. The zero-order valence-corrected chi connectivity index (χ0v) is 13.9. The van der Waals surface area contributed by atoms with Crippen LogP contribution in [0.5, 0.6) is 5.75 Å². The van der Waals surface area contributed by atoms with Crippen LogP contribution in [0.2, 0.25) is 0 Å². The molecule has 2 aromatic rings. The summed E-state index contributed by atoms with van der Waals surface area (Å²) in [7, 11) is 1.42. The molecule has 2 rings (SSSR count). The highest BCUT2D eigenvalue weighted by Gasteiger charge is 2.49. The van der Waals surface area contributed by atoms with Crippen molar-refractivity contribution in [2.75, 3.05) is 18.7 Å². The summed E-state index contributed by atoms with van der Waals surface area (Å²) in [5.41, 5.74) is 4.74. The Morgan fingerprint density at radius 3 is 2.38 bits per heavy atom. The van der Waals surface area contributed by atoms with Gasteiger partial charge in [-0.1, -0.05) is 30.3 Å². The molecule has 1 unspecified atom stereocenters. The number of carbonyl (C=O) groups excluding carboxylic acids is 1. The van der Waals surface area contributed by atoms with Crippen LogP contribution in [0.3, 0.4) is 0 Å². The maximum atomic E-state index is 13.3. The number of aliphatic carboxylic acids is 1. The number of carbonyl (C=O) groups is 2. The van der Waals surface area contributed by atoms with Crippen LogP contribution in [0.4, 0.5) is 5.69 Å². The van der Waals surface area contributed by atoms with E-state index in [0.717, 1.165) is 0 Å². The Kier molecular flexibility index (Phi) is 5.46. The first-order valence-corrected chi connectivity index (χ1v) is 7.84. The average Bonchev–Trinajstić information content (AvgIpc) is 2.59. The number of Topliss-reactive ketones (excluding diaryl/α,β-unsaturated/α-hetero) is 1. The zero-order valence-electron chi connectivity index (χ0n) is 13.2. The number of benzene rings is 2. The lowest BCUT2D eigenvalue weighted by molar-refractivity contribution is -0.141. The van der Waals surface area contributed by atoms with Crippen LogP contribution in [0.25, 0.3) is 0 Å². The van der Waals surface area contributed by atoms with Crippen LogP contribution in [-0.4, -0.2) is 29.8 Å². The minimum absolute atomic E-state index is 0.0124. The number of carboxylic acids is 1. The van der Waals surface area contributed by atoms with Crippen molar-refractivity contribution in [1.82, 2.24) is 0 Å². The third-order valence-electron chi connectivity index (χ3n) is 3.99. The summed E-state index contributed by atoms with van der Waals surface area (Å²) in [4.78, 5) is 25.5. The molecular formula is C18H18ClNO4. The third kappa shape index (κ3) is 2.95. The van der Waals surface area contributed by atoms with E-state index in [1.54, 1.807) is 42.5 Å². The number of nitrogens with two attached hydrogens (primary N) is 1. The molecule has 0 aliphatic carbocycles. The number of carboxylic acid groups (broad SMARTS) is 1. The molecule has 5 nitrogen and oxygen atoms in total. The van der Waals surface area contributed by atoms with Crippen LogP contribution in [0.15, 0.2) is 48.5 Å². The highest BCUT2D eigenvalue weighted by Crippen LogP contribution is 2.38. The van der Waals surface area contributed by atoms with Crippen LogP contribution < -0.4 is 10.5 Å². The van der Waals surface area contributed by atoms with Crippen molar-refractivity contribution in [2.45, 2.75) is 11.8 Å². The van der Waals surface area contributed by atoms with E-state index in [9.17, 15) is 14.7 Å². The molecule has 0 saturated heterocycles. The first kappa shape index (κ1) is 17.8. The van der Waals surface area contributed by atoms with Gasteiger partial charge in [0.1, 0.15) is 5.75 Å². The number of para-hydroxylation sites is 2. The number of ether oxygens (including phenoxy) is 1. The van der Waals surface area contributed by atoms with Gasteiger partial charge in [-0.2, -0.15) is 0 Å². The minimum atomic E-state index is -1.87. The van der Waals surface area contributed by atoms with E-state index < -0.39 is 17.2 Å². The maximum absolute atomic E-state index is 13.3. The van der Waals surface area contributed by atoms with Gasteiger partial charge in [-0.3, -0.25) is 9.59 Å². The molecule has 0 spiro atoms. The van der Waals surface area contributed by atoms with Gasteiger partial charge in [-0.25, -0.2) is 0 Å². The number of hydrogen-bond acceptors (Lipinski definition) is 4. The van der Waals surface area contributed by atoms with Gasteiger partial charge >= 0.3 is 5.97 Å². The van der Waals surface area contributed by atoms with E-state index in [4.69, 9.17) is 22.1 Å². The molecule has 0 amide bonds. The summed E-state index contributed by atoms with van der Waals surface area (Å²) in [6.07, 6.45) is -0.0883. The van der Waals surface area contributed by atoms with Crippen molar-refractivity contribution in [3.8, 4) is 5.75 Å². The van der Waals surface area contributed by atoms with E-state index in [2.05, 4.69) is 0 Å². The molecule has 0 aliphatic rings. The molecule has 24 heavy (non-hydrogen) atoms. The number of ketones is 1. The molecule has 3 N–H and O–H groups in total. The third-order valence-corrected chi connectivity index (χ3v) is 4.18. The lowest BCUT2D eigenvalue weighted by Gasteiger charge is -2.29. The normalized spacial score (nSPS) is 13.1. The van der Waals surface area contributed by atoms with Crippen LogP contribution in [0.1, 0.15) is 22.3 Å². The molecule has 0 radical (unpaired) electrons. The monoisotopic (exact) mass is 347 g/mol. The topological polar surface area (TPSA) is 89.6 Å². The second-order valence-corrected chi connectivity index (χ2v) is 5.64. The summed E-state index contributed by atoms with van der Waals surface area (Å²) in [6, 6.07) is 12.9. The number of methoxy groups -OCH3 is 1.